The van der Waals surface area contributed by atoms with Crippen LogP contribution in [0.3, 0.4) is 0 Å². The summed E-state index contributed by atoms with van der Waals surface area (Å²) in [6.07, 6.45) is 10.7. The van der Waals surface area contributed by atoms with E-state index < -0.39 is 70.9 Å². The third-order valence-electron chi connectivity index (χ3n) is 11.3. The molecule has 224 valence electrons. The molecule has 6 rings (SSSR count). The van der Waals surface area contributed by atoms with Crippen LogP contribution in [0.2, 0.25) is 0 Å². The molecule has 0 aromatic heterocycles. The minimum atomic E-state index is -2.18. The fourth-order valence-electron chi connectivity index (χ4n) is 9.19. The first-order chi connectivity index (χ1) is 19.0. The topological polar surface area (TPSA) is 118 Å². The summed E-state index contributed by atoms with van der Waals surface area (Å²) < 4.78 is 26.8. The number of unbranched alkanes of at least 4 members (excludes halogenated alkanes) is 8. The zero-order chi connectivity index (χ0) is 28.7. The maximum atomic E-state index is 13.5. The number of hydrogen-bond donors (Lipinski definition) is 3. The molecular formula is C32H48O8. The quantitative estimate of drug-likeness (QED) is 0.186. The van der Waals surface area contributed by atoms with E-state index >= 15 is 0 Å². The zero-order valence-electron chi connectivity index (χ0n) is 24.6. The van der Waals surface area contributed by atoms with Gasteiger partial charge in [0, 0.05) is 18.3 Å². The van der Waals surface area contributed by atoms with E-state index in [1.807, 2.05) is 6.92 Å². The highest BCUT2D eigenvalue weighted by molar-refractivity contribution is 6.05. The number of rotatable bonds is 12. The van der Waals surface area contributed by atoms with Crippen LogP contribution in [0.15, 0.2) is 23.8 Å². The highest BCUT2D eigenvalue weighted by Gasteiger charge is 2.88. The van der Waals surface area contributed by atoms with Crippen LogP contribution in [0.25, 0.3) is 0 Å². The number of carbonyl (C=O) groups excluding carboxylic acids is 1. The van der Waals surface area contributed by atoms with E-state index in [1.165, 1.54) is 38.5 Å². The second-order valence-electron chi connectivity index (χ2n) is 13.7. The molecule has 2 saturated carbocycles. The van der Waals surface area contributed by atoms with Crippen molar-refractivity contribution >= 4 is 5.78 Å². The van der Waals surface area contributed by atoms with Gasteiger partial charge in [0.15, 0.2) is 11.4 Å². The third-order valence-corrected chi connectivity index (χ3v) is 11.3. The van der Waals surface area contributed by atoms with Crippen LogP contribution in [-0.4, -0.2) is 74.4 Å². The third kappa shape index (κ3) is 3.60. The van der Waals surface area contributed by atoms with E-state index in [2.05, 4.69) is 20.4 Å². The first-order valence-electron chi connectivity index (χ1n) is 15.7. The molecule has 5 fully saturated rings. The van der Waals surface area contributed by atoms with Crippen molar-refractivity contribution < 1.29 is 39.1 Å². The molecular weight excluding hydrogens is 512 g/mol. The Hall–Kier alpha value is -1.13. The molecule has 8 nitrogen and oxygen atoms in total. The molecule has 3 saturated heterocycles. The van der Waals surface area contributed by atoms with Gasteiger partial charge < -0.3 is 34.3 Å². The molecule has 40 heavy (non-hydrogen) atoms. The van der Waals surface area contributed by atoms with Crippen molar-refractivity contribution in [3.8, 4) is 0 Å². The molecule has 11 atom stereocenters. The first-order valence-corrected chi connectivity index (χ1v) is 15.7. The summed E-state index contributed by atoms with van der Waals surface area (Å²) in [4.78, 5) is 13.5. The van der Waals surface area contributed by atoms with Crippen molar-refractivity contribution in [2.45, 2.75) is 145 Å². The van der Waals surface area contributed by atoms with Crippen LogP contribution in [0.4, 0.5) is 0 Å². The lowest BCUT2D eigenvalue weighted by molar-refractivity contribution is -0.430. The van der Waals surface area contributed by atoms with Gasteiger partial charge in [-0.05, 0) is 43.8 Å². The summed E-state index contributed by atoms with van der Waals surface area (Å²) in [5.41, 5.74) is -4.36. The fourth-order valence-corrected chi connectivity index (χ4v) is 9.19. The summed E-state index contributed by atoms with van der Waals surface area (Å²) >= 11 is 0. The van der Waals surface area contributed by atoms with Crippen molar-refractivity contribution in [1.82, 2.24) is 0 Å². The number of aliphatic hydroxyl groups excluding tert-OH is 2. The van der Waals surface area contributed by atoms with Crippen molar-refractivity contribution in [2.24, 2.45) is 17.8 Å². The standard InChI is InChI=1S/C32H48O8/c1-6-7-8-9-10-11-12-13-14-15-30-38-25-23-26-29(18-33,37-26)27(35)31(36)22(16-20(4)24(31)34)32(23,40-30)21(5)17-28(25,39-30)19(2)3/h16,21-23,25-27,33,35-36H,2,6-15,17-18H2,1,3-5H3/t21-,22?,23?,25+,26?,27-,28-,29+,30?,31-,32+/m1/s1. The molecule has 0 aromatic rings. The Labute approximate surface area is 238 Å². The highest BCUT2D eigenvalue weighted by atomic mass is 16.9. The van der Waals surface area contributed by atoms with Crippen molar-refractivity contribution in [2.75, 3.05) is 6.61 Å². The first kappa shape index (κ1) is 29.0. The molecule has 6 aliphatic rings. The smallest absolute Gasteiger partial charge is 0.284 e. The Bertz CT molecular complexity index is 1090. The monoisotopic (exact) mass is 560 g/mol. The Kier molecular flexibility index (Phi) is 7.02. The van der Waals surface area contributed by atoms with E-state index in [4.69, 9.17) is 18.9 Å². The van der Waals surface area contributed by atoms with Crippen LogP contribution in [-0.2, 0) is 23.7 Å². The molecule has 0 radical (unpaired) electrons. The van der Waals surface area contributed by atoms with E-state index in [9.17, 15) is 20.1 Å². The van der Waals surface area contributed by atoms with Gasteiger partial charge in [-0.25, -0.2) is 0 Å². The van der Waals surface area contributed by atoms with Crippen LogP contribution in [0.1, 0.15) is 98.3 Å². The van der Waals surface area contributed by atoms with Crippen LogP contribution >= 0.6 is 0 Å². The van der Waals surface area contributed by atoms with Gasteiger partial charge in [-0.1, -0.05) is 77.9 Å². The molecule has 0 aromatic carbocycles. The second-order valence-corrected chi connectivity index (χ2v) is 13.7. The van der Waals surface area contributed by atoms with Crippen LogP contribution in [0.5, 0.6) is 0 Å². The second kappa shape index (κ2) is 9.69. The van der Waals surface area contributed by atoms with Gasteiger partial charge in [-0.15, -0.1) is 0 Å². The van der Waals surface area contributed by atoms with E-state index in [-0.39, 0.29) is 5.92 Å². The summed E-state index contributed by atoms with van der Waals surface area (Å²) in [6, 6.07) is 0. The van der Waals surface area contributed by atoms with Gasteiger partial charge in [0.2, 0.25) is 0 Å². The molecule has 3 aliphatic heterocycles. The molecule has 0 spiro atoms. The molecule has 8 heteroatoms. The Morgan fingerprint density at radius 1 is 1.05 bits per heavy atom. The minimum absolute atomic E-state index is 0.184. The van der Waals surface area contributed by atoms with Crippen molar-refractivity contribution in [3.05, 3.63) is 23.8 Å². The Morgan fingerprint density at radius 3 is 2.33 bits per heavy atom. The molecule has 3 aliphatic carbocycles. The summed E-state index contributed by atoms with van der Waals surface area (Å²) in [6.45, 7) is 11.7. The summed E-state index contributed by atoms with van der Waals surface area (Å²) in [5, 5.41) is 34.2. The largest absolute Gasteiger partial charge is 0.393 e. The molecule has 0 amide bonds. The number of ether oxygens (including phenoxy) is 4. The molecule has 3 bridgehead atoms. The van der Waals surface area contributed by atoms with Gasteiger partial charge in [0.05, 0.1) is 12.2 Å². The minimum Gasteiger partial charge on any atom is -0.393 e. The zero-order valence-corrected chi connectivity index (χ0v) is 24.6. The number of ketones is 1. The maximum absolute atomic E-state index is 13.5. The molecule has 3 N–H and O–H groups in total. The van der Waals surface area contributed by atoms with E-state index in [0.29, 0.717) is 18.4 Å². The van der Waals surface area contributed by atoms with E-state index in [1.54, 1.807) is 13.0 Å². The lowest BCUT2D eigenvalue weighted by atomic mass is 9.54. The average Bonchev–Trinajstić information content (AvgIpc) is 3.56. The van der Waals surface area contributed by atoms with Gasteiger partial charge in [-0.3, -0.25) is 4.79 Å². The number of Topliss-reactive ketones (excluding diaryl/α,β-unsaturated/α-hetero) is 1. The normalized spacial score (nSPS) is 49.8. The average molecular weight is 561 g/mol. The van der Waals surface area contributed by atoms with Crippen LogP contribution < -0.4 is 0 Å². The number of carbonyl (C=O) groups is 1. The Morgan fingerprint density at radius 2 is 1.70 bits per heavy atom. The number of fused-ring (bicyclic) bond motifs is 3. The predicted octanol–water partition coefficient (Wildman–Crippen LogP) is 4.10. The molecule has 3 heterocycles. The van der Waals surface area contributed by atoms with Gasteiger partial charge >= 0.3 is 0 Å². The molecule has 4 unspecified atom stereocenters. The maximum Gasteiger partial charge on any atom is 0.284 e. The SMILES string of the molecule is C=C(C)[C@]12C[C@@H](C)[C@@]34OC(CCCCCCCCCCC)(O[C@H]1C3C1O[C@]1(CO)[C@@H](O)[C@]1(O)C(=O)C(C)=CC41)O2. The lowest BCUT2D eigenvalue weighted by Gasteiger charge is -2.59. The lowest BCUT2D eigenvalue weighted by Crippen LogP contribution is -2.72. The Balaban J connectivity index is 1.33. The van der Waals surface area contributed by atoms with Gasteiger partial charge in [0.1, 0.15) is 29.5 Å². The van der Waals surface area contributed by atoms with Crippen LogP contribution in [0, 0.1) is 17.8 Å². The number of hydrogen-bond acceptors (Lipinski definition) is 8. The summed E-state index contributed by atoms with van der Waals surface area (Å²) in [7, 11) is 0. The van der Waals surface area contributed by atoms with Crippen molar-refractivity contribution in [1.29, 1.82) is 0 Å². The fraction of sp³-hybridized carbons (Fsp3) is 0.844. The summed E-state index contributed by atoms with van der Waals surface area (Å²) in [5.74, 6) is -3.38. The number of epoxide rings is 1. The van der Waals surface area contributed by atoms with Gasteiger partial charge in [-0.2, -0.15) is 0 Å². The van der Waals surface area contributed by atoms with E-state index in [0.717, 1.165) is 24.8 Å². The van der Waals surface area contributed by atoms with Gasteiger partial charge in [0.25, 0.3) is 5.97 Å². The predicted molar refractivity (Wildman–Crippen MR) is 147 cm³/mol. The highest BCUT2D eigenvalue weighted by Crippen LogP contribution is 2.73. The number of aliphatic hydroxyl groups is 3. The van der Waals surface area contributed by atoms with Crippen molar-refractivity contribution in [3.63, 3.8) is 0 Å².